The Morgan fingerprint density at radius 1 is 1.07 bits per heavy atom. The van der Waals surface area contributed by atoms with Crippen molar-refractivity contribution in [2.24, 2.45) is 0 Å². The van der Waals surface area contributed by atoms with Crippen LogP contribution in [-0.4, -0.2) is 52.8 Å². The number of aromatic nitrogens is 4. The lowest BCUT2D eigenvalue weighted by Crippen LogP contribution is -2.17. The van der Waals surface area contributed by atoms with Crippen LogP contribution in [0, 0.1) is 20.8 Å². The van der Waals surface area contributed by atoms with Gasteiger partial charge in [0.15, 0.2) is 11.6 Å². The minimum atomic E-state index is 0.703. The second-order valence-corrected chi connectivity index (χ2v) is 7.33. The minimum Gasteiger partial charge on any atom is -0.373 e. The summed E-state index contributed by atoms with van der Waals surface area (Å²) >= 11 is 0. The van der Waals surface area contributed by atoms with Crippen LogP contribution in [-0.2, 0) is 6.42 Å². The van der Waals surface area contributed by atoms with Gasteiger partial charge in [-0.25, -0.2) is 9.97 Å². The molecule has 0 saturated heterocycles. The molecule has 2 aromatic heterocycles. The number of hydrogen-bond acceptors (Lipinski definition) is 6. The predicted molar refractivity (Wildman–Crippen MR) is 115 cm³/mol. The second kappa shape index (κ2) is 8.39. The summed E-state index contributed by atoms with van der Waals surface area (Å²) < 4.78 is 0. The third-order valence-electron chi connectivity index (χ3n) is 4.85. The lowest BCUT2D eigenvalue weighted by molar-refractivity contribution is 0.414. The number of benzene rings is 1. The number of hydrogen-bond donors (Lipinski definition) is 3. The maximum atomic E-state index is 4.90. The van der Waals surface area contributed by atoms with E-state index in [1.807, 2.05) is 26.1 Å². The lowest BCUT2D eigenvalue weighted by atomic mass is 10.0. The highest BCUT2D eigenvalue weighted by molar-refractivity contribution is 5.70. The summed E-state index contributed by atoms with van der Waals surface area (Å²) in [6.07, 6.45) is 0.821. The van der Waals surface area contributed by atoms with Gasteiger partial charge in [0.1, 0.15) is 11.6 Å². The van der Waals surface area contributed by atoms with Crippen molar-refractivity contribution in [2.45, 2.75) is 27.2 Å². The van der Waals surface area contributed by atoms with Gasteiger partial charge >= 0.3 is 0 Å². The number of nitrogens with zero attached hydrogens (tertiary/aromatic N) is 4. The molecule has 0 spiro atoms. The highest BCUT2D eigenvalue weighted by atomic mass is 15.2. The molecule has 7 nitrogen and oxygen atoms in total. The van der Waals surface area contributed by atoms with E-state index in [-0.39, 0.29) is 0 Å². The van der Waals surface area contributed by atoms with Crippen molar-refractivity contribution in [3.63, 3.8) is 0 Å². The maximum Gasteiger partial charge on any atom is 0.164 e. The van der Waals surface area contributed by atoms with E-state index in [1.165, 1.54) is 11.1 Å². The van der Waals surface area contributed by atoms with E-state index < -0.39 is 0 Å². The molecule has 0 aliphatic rings. The van der Waals surface area contributed by atoms with Crippen molar-refractivity contribution in [2.75, 3.05) is 38.3 Å². The van der Waals surface area contributed by atoms with Gasteiger partial charge < -0.3 is 15.5 Å². The smallest absolute Gasteiger partial charge is 0.164 e. The fourth-order valence-electron chi connectivity index (χ4n) is 3.08. The second-order valence-electron chi connectivity index (χ2n) is 7.33. The van der Waals surface area contributed by atoms with Gasteiger partial charge in [-0.2, -0.15) is 5.10 Å². The molecule has 2 heterocycles. The molecule has 28 heavy (non-hydrogen) atoms. The van der Waals surface area contributed by atoms with Crippen molar-refractivity contribution in [3.8, 4) is 11.4 Å². The molecule has 3 rings (SSSR count). The molecular weight excluding hydrogens is 350 g/mol. The zero-order valence-electron chi connectivity index (χ0n) is 17.5. The lowest BCUT2D eigenvalue weighted by Gasteiger charge is -2.18. The number of aryl methyl sites for hydroxylation is 2. The van der Waals surface area contributed by atoms with E-state index in [0.717, 1.165) is 47.2 Å². The Morgan fingerprint density at radius 3 is 2.46 bits per heavy atom. The van der Waals surface area contributed by atoms with E-state index in [2.05, 4.69) is 65.8 Å². The van der Waals surface area contributed by atoms with Gasteiger partial charge in [0.2, 0.25) is 0 Å². The molecule has 0 atom stereocenters. The van der Waals surface area contributed by atoms with Crippen molar-refractivity contribution in [1.82, 2.24) is 25.1 Å². The van der Waals surface area contributed by atoms with Crippen LogP contribution in [0.2, 0.25) is 0 Å². The van der Waals surface area contributed by atoms with Crippen LogP contribution >= 0.6 is 0 Å². The molecule has 148 valence electrons. The fraction of sp³-hybridized carbons (Fsp3) is 0.381. The van der Waals surface area contributed by atoms with E-state index in [0.29, 0.717) is 5.82 Å². The number of anilines is 3. The van der Waals surface area contributed by atoms with Gasteiger partial charge in [0, 0.05) is 36.5 Å². The number of likely N-dealkylation sites (N-methyl/N-ethyl adjacent to an activating group) is 1. The molecule has 0 fully saturated rings. The molecule has 3 N–H and O–H groups in total. The van der Waals surface area contributed by atoms with Gasteiger partial charge in [-0.15, -0.1) is 0 Å². The first-order valence-corrected chi connectivity index (χ1v) is 9.48. The zero-order valence-corrected chi connectivity index (χ0v) is 17.5. The van der Waals surface area contributed by atoms with Crippen LogP contribution in [0.1, 0.15) is 22.4 Å². The summed E-state index contributed by atoms with van der Waals surface area (Å²) in [7, 11) is 6.03. The summed E-state index contributed by atoms with van der Waals surface area (Å²) in [5, 5.41) is 13.9. The van der Waals surface area contributed by atoms with Crippen LogP contribution in [0.4, 0.5) is 17.5 Å². The molecule has 0 amide bonds. The van der Waals surface area contributed by atoms with Crippen LogP contribution in [0.25, 0.3) is 11.4 Å². The van der Waals surface area contributed by atoms with Crippen LogP contribution in [0.5, 0.6) is 0 Å². The largest absolute Gasteiger partial charge is 0.373 e. The van der Waals surface area contributed by atoms with Crippen LogP contribution in [0.15, 0.2) is 24.3 Å². The summed E-state index contributed by atoms with van der Waals surface area (Å²) in [5.74, 6) is 3.07. The first kappa shape index (κ1) is 19.8. The van der Waals surface area contributed by atoms with Crippen molar-refractivity contribution in [1.29, 1.82) is 0 Å². The molecule has 3 aromatic rings. The van der Waals surface area contributed by atoms with Crippen molar-refractivity contribution < 1.29 is 0 Å². The Labute approximate surface area is 166 Å². The standard InChI is InChI=1S/C21H29N7/c1-13-8-7-9-16(15(13)3)20-24-19(22-4)17(10-11-28(5)6)21(25-20)23-18-12-14(2)26-27-18/h7-9,12H,10-11H2,1-6H3,(H3,22,23,24,25,26,27). The zero-order chi connectivity index (χ0) is 20.3. The highest BCUT2D eigenvalue weighted by Crippen LogP contribution is 2.30. The monoisotopic (exact) mass is 379 g/mol. The molecule has 0 radical (unpaired) electrons. The summed E-state index contributed by atoms with van der Waals surface area (Å²) in [6.45, 7) is 7.09. The van der Waals surface area contributed by atoms with Gasteiger partial charge in [-0.1, -0.05) is 18.2 Å². The normalized spacial score (nSPS) is 11.1. The quantitative estimate of drug-likeness (QED) is 0.581. The van der Waals surface area contributed by atoms with Crippen molar-refractivity contribution >= 4 is 17.5 Å². The molecule has 0 bridgehead atoms. The number of nitrogens with one attached hydrogen (secondary N) is 3. The SMILES string of the molecule is CNc1nc(-c2cccc(C)c2C)nc(Nc2cc(C)[nH]n2)c1CCN(C)C. The third kappa shape index (κ3) is 4.31. The Hall–Kier alpha value is -2.93. The average Bonchev–Trinajstić information content (AvgIpc) is 3.07. The molecule has 7 heteroatoms. The Morgan fingerprint density at radius 2 is 1.82 bits per heavy atom. The Bertz CT molecular complexity index is 959. The molecule has 0 saturated carbocycles. The first-order valence-electron chi connectivity index (χ1n) is 9.48. The van der Waals surface area contributed by atoms with Gasteiger partial charge in [-0.3, -0.25) is 5.10 Å². The maximum absolute atomic E-state index is 4.90. The van der Waals surface area contributed by atoms with Crippen molar-refractivity contribution in [3.05, 3.63) is 46.6 Å². The van der Waals surface area contributed by atoms with Crippen LogP contribution in [0.3, 0.4) is 0 Å². The number of aromatic amines is 1. The van der Waals surface area contributed by atoms with Gasteiger partial charge in [0.25, 0.3) is 0 Å². The molecule has 0 aliphatic carbocycles. The van der Waals surface area contributed by atoms with E-state index in [4.69, 9.17) is 9.97 Å². The summed E-state index contributed by atoms with van der Waals surface area (Å²) in [6, 6.07) is 8.19. The minimum absolute atomic E-state index is 0.703. The predicted octanol–water partition coefficient (Wildman–Crippen LogP) is 3.68. The number of rotatable bonds is 7. The highest BCUT2D eigenvalue weighted by Gasteiger charge is 2.17. The molecule has 0 unspecified atom stereocenters. The van der Waals surface area contributed by atoms with Gasteiger partial charge in [0.05, 0.1) is 0 Å². The summed E-state index contributed by atoms with van der Waals surface area (Å²) in [4.78, 5) is 11.9. The Kier molecular flexibility index (Phi) is 5.94. The van der Waals surface area contributed by atoms with E-state index in [1.54, 1.807) is 0 Å². The topological polar surface area (TPSA) is 81.8 Å². The third-order valence-corrected chi connectivity index (χ3v) is 4.85. The van der Waals surface area contributed by atoms with Gasteiger partial charge in [-0.05, 0) is 52.4 Å². The first-order chi connectivity index (χ1) is 13.4. The fourth-order valence-corrected chi connectivity index (χ4v) is 3.08. The average molecular weight is 380 g/mol. The molecule has 0 aliphatic heterocycles. The van der Waals surface area contributed by atoms with E-state index in [9.17, 15) is 0 Å². The van der Waals surface area contributed by atoms with E-state index >= 15 is 0 Å². The number of H-pyrrole nitrogens is 1. The Balaban J connectivity index is 2.12. The molecule has 1 aromatic carbocycles. The van der Waals surface area contributed by atoms with Crippen LogP contribution < -0.4 is 10.6 Å². The molecular formula is C21H29N7. The summed E-state index contributed by atoms with van der Waals surface area (Å²) in [5.41, 5.74) is 5.49.